The van der Waals surface area contributed by atoms with Gasteiger partial charge in [0.25, 0.3) is 0 Å². The van der Waals surface area contributed by atoms with Gasteiger partial charge >= 0.3 is 8.80 Å². The van der Waals surface area contributed by atoms with Crippen LogP contribution in [0, 0.1) is 0 Å². The molecule has 0 fully saturated rings. The van der Waals surface area contributed by atoms with Crippen LogP contribution in [0.3, 0.4) is 0 Å². The van der Waals surface area contributed by atoms with E-state index in [9.17, 15) is 0 Å². The summed E-state index contributed by atoms with van der Waals surface area (Å²) < 4.78 is 16.7. The average Bonchev–Trinajstić information content (AvgIpc) is 2.20. The van der Waals surface area contributed by atoms with Crippen LogP contribution >= 0.6 is 0 Å². The van der Waals surface area contributed by atoms with E-state index in [2.05, 4.69) is 0 Å². The summed E-state index contributed by atoms with van der Waals surface area (Å²) >= 11 is 0. The molecular weight excluding hydrogens is 210 g/mol. The minimum absolute atomic E-state index is 0.667. The molecule has 0 rings (SSSR count). The molecule has 0 saturated carbocycles. The summed E-state index contributed by atoms with van der Waals surface area (Å²) in [6.07, 6.45) is 0. The third-order valence-corrected chi connectivity index (χ3v) is 4.58. The minimum atomic E-state index is -2.27. The average molecular weight is 237 g/mol. The van der Waals surface area contributed by atoms with Crippen LogP contribution in [-0.2, 0) is 13.3 Å². The van der Waals surface area contributed by atoms with E-state index >= 15 is 0 Å². The molecule has 0 unspecified atom stereocenters. The molecule has 0 amide bonds. The van der Waals surface area contributed by atoms with E-state index in [0.29, 0.717) is 19.8 Å². The number of hydrogen-bond acceptors (Lipinski definition) is 4. The molecule has 0 spiro atoms. The topological polar surface area (TPSA) is 53.7 Å². The maximum atomic E-state index is 5.55. The molecule has 0 radical (unpaired) electrons. The lowest BCUT2D eigenvalue weighted by atomic mass is 10.8. The number of nitrogens with two attached hydrogens (primary N) is 1. The third kappa shape index (κ3) is 9.01. The van der Waals surface area contributed by atoms with Gasteiger partial charge in [0.1, 0.15) is 0 Å². The zero-order valence-corrected chi connectivity index (χ0v) is 11.8. The van der Waals surface area contributed by atoms with Crippen molar-refractivity contribution >= 4 is 8.80 Å². The van der Waals surface area contributed by atoms with Gasteiger partial charge < -0.3 is 19.0 Å². The molecular formula is C10H27NO3Si. The van der Waals surface area contributed by atoms with Crippen molar-refractivity contribution in [3.63, 3.8) is 0 Å². The van der Waals surface area contributed by atoms with Gasteiger partial charge in [-0.3, -0.25) is 0 Å². The fourth-order valence-electron chi connectivity index (χ4n) is 1.09. The van der Waals surface area contributed by atoms with E-state index in [1.165, 1.54) is 0 Å². The molecule has 0 aliphatic carbocycles. The molecule has 0 saturated heterocycles. The minimum Gasteiger partial charge on any atom is -0.374 e. The Bertz CT molecular complexity index is 108. The summed E-state index contributed by atoms with van der Waals surface area (Å²) in [5, 5.41) is 0. The highest BCUT2D eigenvalue weighted by molar-refractivity contribution is 6.60. The number of hydrogen-bond donors (Lipinski definition) is 1. The van der Waals surface area contributed by atoms with Gasteiger partial charge in [0.2, 0.25) is 0 Å². The molecule has 0 heterocycles. The van der Waals surface area contributed by atoms with Gasteiger partial charge in [0, 0.05) is 25.9 Å². The van der Waals surface area contributed by atoms with E-state index in [1.807, 2.05) is 34.6 Å². The first-order valence-electron chi connectivity index (χ1n) is 5.78. The fraction of sp³-hybridized carbons (Fsp3) is 1.00. The van der Waals surface area contributed by atoms with Gasteiger partial charge in [0.05, 0.1) is 0 Å². The SMILES string of the molecule is CCN.CCO[Si](CC)(OCC)OCC. The van der Waals surface area contributed by atoms with Gasteiger partial charge in [-0.2, -0.15) is 0 Å². The van der Waals surface area contributed by atoms with Crippen molar-refractivity contribution in [1.29, 1.82) is 0 Å². The Labute approximate surface area is 95.5 Å². The summed E-state index contributed by atoms with van der Waals surface area (Å²) in [4.78, 5) is 0. The smallest absolute Gasteiger partial charge is 0.374 e. The zero-order chi connectivity index (χ0) is 12.2. The van der Waals surface area contributed by atoms with Crippen LogP contribution in [0.4, 0.5) is 0 Å². The Balaban J connectivity index is 0. The molecule has 0 atom stereocenters. The van der Waals surface area contributed by atoms with E-state index in [4.69, 9.17) is 19.0 Å². The summed E-state index contributed by atoms with van der Waals surface area (Å²) in [5.41, 5.74) is 4.85. The van der Waals surface area contributed by atoms with Crippen LogP contribution < -0.4 is 5.73 Å². The van der Waals surface area contributed by atoms with Crippen molar-refractivity contribution in [3.05, 3.63) is 0 Å². The quantitative estimate of drug-likeness (QED) is 0.688. The molecule has 0 bridgehead atoms. The molecule has 0 aliphatic heterocycles. The molecule has 0 aromatic carbocycles. The second-order valence-electron chi connectivity index (χ2n) is 2.74. The Kier molecular flexibility index (Phi) is 14.1. The van der Waals surface area contributed by atoms with Crippen LogP contribution in [-0.4, -0.2) is 35.2 Å². The van der Waals surface area contributed by atoms with Gasteiger partial charge in [-0.1, -0.05) is 13.8 Å². The second kappa shape index (κ2) is 12.1. The molecule has 0 aliphatic rings. The molecule has 4 nitrogen and oxygen atoms in total. The first kappa shape index (κ1) is 17.5. The van der Waals surface area contributed by atoms with E-state index < -0.39 is 8.80 Å². The highest BCUT2D eigenvalue weighted by atomic mass is 28.4. The van der Waals surface area contributed by atoms with Crippen molar-refractivity contribution in [2.45, 2.75) is 40.7 Å². The first-order chi connectivity index (χ1) is 7.16. The first-order valence-corrected chi connectivity index (χ1v) is 7.71. The van der Waals surface area contributed by atoms with Gasteiger partial charge in [0.15, 0.2) is 0 Å². The molecule has 0 aromatic rings. The lowest BCUT2D eigenvalue weighted by Crippen LogP contribution is -2.45. The highest BCUT2D eigenvalue weighted by Crippen LogP contribution is 2.14. The van der Waals surface area contributed by atoms with Crippen LogP contribution in [0.25, 0.3) is 0 Å². The monoisotopic (exact) mass is 237 g/mol. The summed E-state index contributed by atoms with van der Waals surface area (Å²) in [6, 6.07) is 0.850. The predicted molar refractivity (Wildman–Crippen MR) is 65.8 cm³/mol. The summed E-state index contributed by atoms with van der Waals surface area (Å²) in [7, 11) is -2.27. The summed E-state index contributed by atoms with van der Waals surface area (Å²) in [5.74, 6) is 0. The lowest BCUT2D eigenvalue weighted by Gasteiger charge is -2.26. The third-order valence-electron chi connectivity index (χ3n) is 1.53. The molecule has 5 heteroatoms. The van der Waals surface area contributed by atoms with Crippen LogP contribution in [0.1, 0.15) is 34.6 Å². The number of rotatable bonds is 7. The predicted octanol–water partition coefficient (Wildman–Crippen LogP) is 2.02. The molecule has 94 valence electrons. The standard InChI is InChI=1S/C8H20O3Si.C2H7N/c1-5-9-12(8-4,10-6-2)11-7-3;1-2-3/h5-8H2,1-4H3;2-3H2,1H3. The van der Waals surface area contributed by atoms with Crippen molar-refractivity contribution in [2.75, 3.05) is 26.4 Å². The Morgan fingerprint density at radius 1 is 0.800 bits per heavy atom. The Morgan fingerprint density at radius 3 is 1.20 bits per heavy atom. The van der Waals surface area contributed by atoms with E-state index in [1.54, 1.807) is 0 Å². The van der Waals surface area contributed by atoms with Crippen LogP contribution in [0.15, 0.2) is 0 Å². The zero-order valence-electron chi connectivity index (χ0n) is 10.8. The van der Waals surface area contributed by atoms with Crippen LogP contribution in [0.2, 0.25) is 6.04 Å². The van der Waals surface area contributed by atoms with Crippen molar-refractivity contribution in [3.8, 4) is 0 Å². The van der Waals surface area contributed by atoms with Gasteiger partial charge in [-0.05, 0) is 27.3 Å². The van der Waals surface area contributed by atoms with Gasteiger partial charge in [-0.15, -0.1) is 0 Å². The normalized spacial score (nSPS) is 10.8. The van der Waals surface area contributed by atoms with Crippen molar-refractivity contribution < 1.29 is 13.3 Å². The maximum absolute atomic E-state index is 5.55. The largest absolute Gasteiger partial charge is 0.500 e. The molecule has 2 N–H and O–H groups in total. The molecule has 15 heavy (non-hydrogen) atoms. The second-order valence-corrected chi connectivity index (χ2v) is 5.68. The molecule has 0 aromatic heterocycles. The summed E-state index contributed by atoms with van der Waals surface area (Å²) in [6.45, 7) is 12.6. The van der Waals surface area contributed by atoms with Crippen molar-refractivity contribution in [1.82, 2.24) is 0 Å². The maximum Gasteiger partial charge on any atom is 0.500 e. The van der Waals surface area contributed by atoms with E-state index in [-0.39, 0.29) is 0 Å². The van der Waals surface area contributed by atoms with Crippen LogP contribution in [0.5, 0.6) is 0 Å². The van der Waals surface area contributed by atoms with Gasteiger partial charge in [-0.25, -0.2) is 0 Å². The lowest BCUT2D eigenvalue weighted by molar-refractivity contribution is 0.0725. The van der Waals surface area contributed by atoms with Crippen molar-refractivity contribution in [2.24, 2.45) is 5.73 Å². The van der Waals surface area contributed by atoms with E-state index in [0.717, 1.165) is 12.6 Å². The highest BCUT2D eigenvalue weighted by Gasteiger charge is 2.37. The Morgan fingerprint density at radius 2 is 1.07 bits per heavy atom. The fourth-order valence-corrected chi connectivity index (χ4v) is 3.27. The Hall–Kier alpha value is 0.0569.